The van der Waals surface area contributed by atoms with Gasteiger partial charge in [-0.2, -0.15) is 5.10 Å². The number of nitrogens with two attached hydrogens (primary N) is 1. The molecular formula is C12H16N6O2. The second kappa shape index (κ2) is 5.16. The van der Waals surface area contributed by atoms with Crippen LogP contribution >= 0.6 is 0 Å². The smallest absolute Gasteiger partial charge is 0.311 e. The molecule has 0 amide bonds. The Labute approximate surface area is 115 Å². The van der Waals surface area contributed by atoms with Gasteiger partial charge in [-0.25, -0.2) is 4.98 Å². The maximum absolute atomic E-state index is 10.7. The fourth-order valence-electron chi connectivity index (χ4n) is 1.97. The van der Waals surface area contributed by atoms with E-state index in [0.717, 1.165) is 17.0 Å². The molecule has 0 saturated heterocycles. The average molecular weight is 276 g/mol. The quantitative estimate of drug-likeness (QED) is 0.647. The summed E-state index contributed by atoms with van der Waals surface area (Å²) in [6, 6.07) is 2.88. The zero-order valence-corrected chi connectivity index (χ0v) is 11.5. The lowest BCUT2D eigenvalue weighted by Gasteiger charge is -2.07. The van der Waals surface area contributed by atoms with Crippen molar-refractivity contribution < 1.29 is 4.92 Å². The van der Waals surface area contributed by atoms with Crippen molar-refractivity contribution in [3.8, 4) is 0 Å². The molecule has 8 heteroatoms. The van der Waals surface area contributed by atoms with E-state index in [4.69, 9.17) is 5.73 Å². The maximum Gasteiger partial charge on any atom is 0.311 e. The third-order valence-corrected chi connectivity index (χ3v) is 3.20. The first-order valence-electron chi connectivity index (χ1n) is 6.04. The van der Waals surface area contributed by atoms with Crippen LogP contribution in [-0.4, -0.2) is 19.7 Å². The van der Waals surface area contributed by atoms with Crippen LogP contribution in [0.4, 0.5) is 17.3 Å². The van der Waals surface area contributed by atoms with Gasteiger partial charge in [0.2, 0.25) is 5.82 Å². The molecule has 0 aliphatic rings. The first-order valence-corrected chi connectivity index (χ1v) is 6.04. The topological polar surface area (TPSA) is 112 Å². The molecule has 0 spiro atoms. The van der Waals surface area contributed by atoms with Crippen molar-refractivity contribution >= 4 is 17.3 Å². The van der Waals surface area contributed by atoms with Gasteiger partial charge in [0.25, 0.3) is 0 Å². The predicted octanol–water partition coefficient (Wildman–Crippen LogP) is 1.53. The monoisotopic (exact) mass is 276 g/mol. The Kier molecular flexibility index (Phi) is 3.55. The van der Waals surface area contributed by atoms with Gasteiger partial charge in [0.05, 0.1) is 10.6 Å². The molecule has 2 aromatic heterocycles. The van der Waals surface area contributed by atoms with Crippen molar-refractivity contribution in [2.24, 2.45) is 7.05 Å². The van der Waals surface area contributed by atoms with Gasteiger partial charge in [-0.3, -0.25) is 14.8 Å². The first-order chi connectivity index (χ1) is 9.40. The lowest BCUT2D eigenvalue weighted by Crippen LogP contribution is -2.06. The van der Waals surface area contributed by atoms with Crippen LogP contribution < -0.4 is 11.1 Å². The molecule has 0 unspecified atom stereocenters. The number of rotatable bonds is 4. The van der Waals surface area contributed by atoms with E-state index < -0.39 is 4.92 Å². The summed E-state index contributed by atoms with van der Waals surface area (Å²) in [6.07, 6.45) is 0. The van der Waals surface area contributed by atoms with Crippen LogP contribution in [0.25, 0.3) is 0 Å². The maximum atomic E-state index is 10.7. The fourth-order valence-corrected chi connectivity index (χ4v) is 1.97. The molecule has 3 N–H and O–H groups in total. The number of hydrogen-bond donors (Lipinski definition) is 2. The molecule has 0 aliphatic carbocycles. The Morgan fingerprint density at radius 2 is 2.15 bits per heavy atom. The highest BCUT2D eigenvalue weighted by Gasteiger charge is 2.13. The molecule has 0 saturated carbocycles. The van der Waals surface area contributed by atoms with Gasteiger partial charge < -0.3 is 11.1 Å². The number of hydrogen-bond acceptors (Lipinski definition) is 6. The fraction of sp³-hybridized carbons (Fsp3) is 0.333. The van der Waals surface area contributed by atoms with Crippen molar-refractivity contribution in [1.82, 2.24) is 14.8 Å². The molecule has 2 aromatic rings. The van der Waals surface area contributed by atoms with Crippen LogP contribution in [0, 0.1) is 24.0 Å². The van der Waals surface area contributed by atoms with Crippen LogP contribution in [0.5, 0.6) is 0 Å². The van der Waals surface area contributed by atoms with E-state index in [0.29, 0.717) is 12.4 Å². The molecule has 0 aliphatic heterocycles. The highest BCUT2D eigenvalue weighted by Crippen LogP contribution is 2.21. The third-order valence-electron chi connectivity index (χ3n) is 3.20. The van der Waals surface area contributed by atoms with E-state index in [-0.39, 0.29) is 11.5 Å². The molecule has 2 rings (SSSR count). The highest BCUT2D eigenvalue weighted by molar-refractivity contribution is 5.57. The average Bonchev–Trinajstić information content (AvgIpc) is 2.61. The Balaban J connectivity index is 2.15. The standard InChI is InChI=1S/C12H16N6O2/c1-7-9(8(2)17(3)16-7)6-14-11-5-4-10(18(19)20)12(13)15-11/h4-5H,6H2,1-3H3,(H3,13,14,15). The van der Waals surface area contributed by atoms with Gasteiger partial charge in [0, 0.05) is 30.9 Å². The van der Waals surface area contributed by atoms with Crippen molar-refractivity contribution in [2.45, 2.75) is 20.4 Å². The zero-order chi connectivity index (χ0) is 14.9. The van der Waals surface area contributed by atoms with E-state index in [1.54, 1.807) is 0 Å². The molecule has 0 fully saturated rings. The number of aryl methyl sites for hydroxylation is 2. The van der Waals surface area contributed by atoms with E-state index in [1.807, 2.05) is 25.6 Å². The van der Waals surface area contributed by atoms with E-state index in [2.05, 4.69) is 15.4 Å². The zero-order valence-electron chi connectivity index (χ0n) is 11.5. The Morgan fingerprint density at radius 1 is 1.45 bits per heavy atom. The number of aromatic nitrogens is 3. The Bertz CT molecular complexity index is 664. The van der Waals surface area contributed by atoms with Crippen LogP contribution in [0.1, 0.15) is 17.0 Å². The molecule has 0 bridgehead atoms. The van der Waals surface area contributed by atoms with Crippen molar-refractivity contribution in [3.05, 3.63) is 39.2 Å². The van der Waals surface area contributed by atoms with Gasteiger partial charge in [-0.1, -0.05) is 0 Å². The van der Waals surface area contributed by atoms with Crippen molar-refractivity contribution in [3.63, 3.8) is 0 Å². The van der Waals surface area contributed by atoms with Crippen LogP contribution in [0.2, 0.25) is 0 Å². The summed E-state index contributed by atoms with van der Waals surface area (Å²) >= 11 is 0. The lowest BCUT2D eigenvalue weighted by atomic mass is 10.2. The van der Waals surface area contributed by atoms with E-state index in [1.165, 1.54) is 12.1 Å². The molecule has 2 heterocycles. The van der Waals surface area contributed by atoms with Gasteiger partial charge in [-0.05, 0) is 19.9 Å². The van der Waals surface area contributed by atoms with E-state index >= 15 is 0 Å². The SMILES string of the molecule is Cc1nn(C)c(C)c1CNc1ccc([N+](=O)[O-])c(N)n1. The Morgan fingerprint density at radius 3 is 2.65 bits per heavy atom. The first kappa shape index (κ1) is 13.8. The molecule has 0 radical (unpaired) electrons. The van der Waals surface area contributed by atoms with Gasteiger partial charge >= 0.3 is 5.69 Å². The number of pyridine rings is 1. The summed E-state index contributed by atoms with van der Waals surface area (Å²) in [7, 11) is 1.88. The van der Waals surface area contributed by atoms with Crippen LogP contribution in [0.15, 0.2) is 12.1 Å². The second-order valence-corrected chi connectivity index (χ2v) is 4.48. The molecule has 8 nitrogen and oxygen atoms in total. The highest BCUT2D eigenvalue weighted by atomic mass is 16.6. The summed E-state index contributed by atoms with van der Waals surface area (Å²) in [5, 5.41) is 18.1. The lowest BCUT2D eigenvalue weighted by molar-refractivity contribution is -0.384. The van der Waals surface area contributed by atoms with E-state index in [9.17, 15) is 10.1 Å². The number of nitrogen functional groups attached to an aromatic ring is 1. The number of anilines is 2. The summed E-state index contributed by atoms with van der Waals surface area (Å²) in [5.74, 6) is 0.399. The molecule has 0 aromatic carbocycles. The van der Waals surface area contributed by atoms with Crippen LogP contribution in [-0.2, 0) is 13.6 Å². The van der Waals surface area contributed by atoms with Crippen molar-refractivity contribution in [2.75, 3.05) is 11.1 Å². The normalized spacial score (nSPS) is 10.6. The number of nitro groups is 1. The molecule has 106 valence electrons. The predicted molar refractivity (Wildman–Crippen MR) is 75.3 cm³/mol. The molecule has 0 atom stereocenters. The number of nitrogens with one attached hydrogen (secondary N) is 1. The summed E-state index contributed by atoms with van der Waals surface area (Å²) < 4.78 is 1.81. The minimum Gasteiger partial charge on any atom is -0.378 e. The van der Waals surface area contributed by atoms with Gasteiger partial charge in [-0.15, -0.1) is 0 Å². The van der Waals surface area contributed by atoms with Crippen LogP contribution in [0.3, 0.4) is 0 Å². The van der Waals surface area contributed by atoms with Gasteiger partial charge in [0.1, 0.15) is 5.82 Å². The minimum absolute atomic E-state index is 0.0976. The summed E-state index contributed by atoms with van der Waals surface area (Å²) in [6.45, 7) is 4.45. The van der Waals surface area contributed by atoms with Gasteiger partial charge in [0.15, 0.2) is 0 Å². The summed E-state index contributed by atoms with van der Waals surface area (Å²) in [4.78, 5) is 14.1. The summed E-state index contributed by atoms with van der Waals surface area (Å²) in [5.41, 5.74) is 8.43. The number of nitrogens with zero attached hydrogens (tertiary/aromatic N) is 4. The second-order valence-electron chi connectivity index (χ2n) is 4.48. The Hall–Kier alpha value is -2.64. The molecule has 20 heavy (non-hydrogen) atoms. The third kappa shape index (κ3) is 2.53. The molecular weight excluding hydrogens is 260 g/mol. The largest absolute Gasteiger partial charge is 0.378 e. The minimum atomic E-state index is -0.554. The van der Waals surface area contributed by atoms with Crippen molar-refractivity contribution in [1.29, 1.82) is 0 Å².